The molecule has 0 aliphatic carbocycles. The van der Waals surface area contributed by atoms with Crippen LogP contribution in [0.4, 0.5) is 15.8 Å². The number of benzene rings is 2. The minimum absolute atomic E-state index is 0.188. The molecule has 33 heavy (non-hydrogen) atoms. The van der Waals surface area contributed by atoms with Crippen LogP contribution in [0.1, 0.15) is 39.4 Å². The molecule has 2 aromatic carbocycles. The van der Waals surface area contributed by atoms with Gasteiger partial charge in [0.1, 0.15) is 5.82 Å². The van der Waals surface area contributed by atoms with E-state index in [4.69, 9.17) is 0 Å². The number of halogens is 1. The molecule has 1 heterocycles. The van der Waals surface area contributed by atoms with Gasteiger partial charge in [0.25, 0.3) is 0 Å². The van der Waals surface area contributed by atoms with Crippen molar-refractivity contribution in [3.05, 3.63) is 58.2 Å². The second-order valence-electron chi connectivity index (χ2n) is 7.55. The number of imidazole rings is 1. The Balaban J connectivity index is 1.97. The highest BCUT2D eigenvalue weighted by atomic mass is 32.2. The highest BCUT2D eigenvalue weighted by molar-refractivity contribution is 7.89. The van der Waals surface area contributed by atoms with E-state index in [0.717, 1.165) is 30.5 Å². The molecule has 0 atom stereocenters. The summed E-state index contributed by atoms with van der Waals surface area (Å²) in [6.07, 6.45) is 1.87. The van der Waals surface area contributed by atoms with Gasteiger partial charge in [-0.2, -0.15) is 8.70 Å². The van der Waals surface area contributed by atoms with E-state index in [2.05, 4.69) is 17.2 Å². The molecule has 0 aliphatic rings. The number of hydrogen-bond donors (Lipinski definition) is 1. The van der Waals surface area contributed by atoms with E-state index in [-0.39, 0.29) is 11.4 Å². The maximum Gasteiger partial charge on any atom is 0.306 e. The van der Waals surface area contributed by atoms with Crippen LogP contribution < -0.4 is 5.32 Å². The molecule has 0 amide bonds. The third kappa shape index (κ3) is 5.14. The van der Waals surface area contributed by atoms with Crippen LogP contribution in [-0.2, 0) is 23.1 Å². The number of unbranched alkanes of at least 4 members (excludes halogenated alkanes) is 1. The number of fused-ring (bicyclic) bond motifs is 1. The maximum absolute atomic E-state index is 13.6. The van der Waals surface area contributed by atoms with Crippen LogP contribution in [0.25, 0.3) is 11.0 Å². The first-order valence-corrected chi connectivity index (χ1v) is 12.3. The van der Waals surface area contributed by atoms with E-state index in [1.54, 1.807) is 32.0 Å². The van der Waals surface area contributed by atoms with Crippen LogP contribution in [0.15, 0.2) is 41.3 Å². The van der Waals surface area contributed by atoms with Gasteiger partial charge in [-0.25, -0.2) is 13.4 Å². The highest BCUT2D eigenvalue weighted by Crippen LogP contribution is 2.25. The van der Waals surface area contributed by atoms with Crippen LogP contribution in [0, 0.1) is 15.9 Å². The van der Waals surface area contributed by atoms with E-state index >= 15 is 0 Å². The summed E-state index contributed by atoms with van der Waals surface area (Å²) in [6.45, 7) is 7.34. The quantitative estimate of drug-likeness (QED) is 0.321. The van der Waals surface area contributed by atoms with Crippen LogP contribution >= 0.6 is 0 Å². The van der Waals surface area contributed by atoms with E-state index < -0.39 is 26.5 Å². The molecule has 178 valence electrons. The molecule has 0 bridgehead atoms. The fraction of sp³-hybridized carbons (Fsp3) is 0.409. The Bertz CT molecular complexity index is 1260. The number of sulfonamides is 1. The third-order valence-electron chi connectivity index (χ3n) is 5.47. The van der Waals surface area contributed by atoms with Crippen molar-refractivity contribution in [3.63, 3.8) is 0 Å². The lowest BCUT2D eigenvalue weighted by Gasteiger charge is -2.18. The van der Waals surface area contributed by atoms with Crippen molar-refractivity contribution in [2.45, 2.75) is 51.6 Å². The minimum Gasteiger partial charge on any atom is -0.378 e. The number of nitro groups is 1. The SMILES string of the molecule is CCCCn1c(CNc2ccc(F)c([N+](=O)[O-])c2)nc2cc(S(=O)(=O)N(CC)CC)ccc21. The predicted molar refractivity (Wildman–Crippen MR) is 125 cm³/mol. The lowest BCUT2D eigenvalue weighted by molar-refractivity contribution is -0.387. The molecule has 0 spiro atoms. The van der Waals surface area contributed by atoms with Gasteiger partial charge in [0.15, 0.2) is 0 Å². The van der Waals surface area contributed by atoms with Crippen LogP contribution in [0.5, 0.6) is 0 Å². The normalized spacial score (nSPS) is 11.9. The number of hydrogen-bond acceptors (Lipinski definition) is 6. The standard InChI is InChI=1S/C22H28FN5O4S/c1-4-7-12-27-20-11-9-17(33(31,32)26(5-2)6-3)14-19(20)25-22(27)15-24-16-8-10-18(23)21(13-16)28(29)30/h8-11,13-14,24H,4-7,12,15H2,1-3H3. The summed E-state index contributed by atoms with van der Waals surface area (Å²) in [4.78, 5) is 15.1. The first-order chi connectivity index (χ1) is 15.7. The Labute approximate surface area is 192 Å². The number of aromatic nitrogens is 2. The average Bonchev–Trinajstić information content (AvgIpc) is 3.14. The molecular weight excluding hydrogens is 449 g/mol. The molecule has 1 aromatic heterocycles. The molecule has 9 nitrogen and oxygen atoms in total. The molecule has 0 unspecified atom stereocenters. The number of aryl methyl sites for hydroxylation is 1. The maximum atomic E-state index is 13.6. The molecule has 0 fully saturated rings. The van der Waals surface area contributed by atoms with Gasteiger partial charge in [-0.3, -0.25) is 10.1 Å². The monoisotopic (exact) mass is 477 g/mol. The molecule has 1 N–H and O–H groups in total. The molecule has 0 saturated heterocycles. The van der Waals surface area contributed by atoms with E-state index in [1.807, 2.05) is 4.57 Å². The zero-order valence-corrected chi connectivity index (χ0v) is 19.7. The molecule has 3 rings (SSSR count). The van der Waals surface area contributed by atoms with Crippen molar-refractivity contribution in [3.8, 4) is 0 Å². The first kappa shape index (κ1) is 24.6. The summed E-state index contributed by atoms with van der Waals surface area (Å²) in [5.41, 5.74) is 1.15. The van der Waals surface area contributed by atoms with Crippen molar-refractivity contribution in [2.24, 2.45) is 0 Å². The van der Waals surface area contributed by atoms with E-state index in [0.29, 0.717) is 36.7 Å². The number of nitrogens with one attached hydrogen (secondary N) is 1. The first-order valence-electron chi connectivity index (χ1n) is 10.9. The summed E-state index contributed by atoms with van der Waals surface area (Å²) >= 11 is 0. The zero-order valence-electron chi connectivity index (χ0n) is 18.9. The minimum atomic E-state index is -3.62. The Morgan fingerprint density at radius 1 is 1.15 bits per heavy atom. The van der Waals surface area contributed by atoms with Gasteiger partial charge in [0.05, 0.1) is 27.4 Å². The number of nitro benzene ring substituents is 1. The molecule has 3 aromatic rings. The fourth-order valence-electron chi connectivity index (χ4n) is 3.68. The summed E-state index contributed by atoms with van der Waals surface area (Å²) in [5, 5.41) is 14.1. The van der Waals surface area contributed by atoms with Gasteiger partial charge in [-0.1, -0.05) is 27.2 Å². The van der Waals surface area contributed by atoms with Crippen molar-refractivity contribution >= 4 is 32.4 Å². The van der Waals surface area contributed by atoms with Crippen molar-refractivity contribution in [1.29, 1.82) is 0 Å². The summed E-state index contributed by atoms with van der Waals surface area (Å²) in [7, 11) is -3.62. The zero-order chi connectivity index (χ0) is 24.2. The fourth-order valence-corrected chi connectivity index (χ4v) is 5.16. The Morgan fingerprint density at radius 2 is 1.88 bits per heavy atom. The molecular formula is C22H28FN5O4S. The molecule has 11 heteroatoms. The smallest absolute Gasteiger partial charge is 0.306 e. The third-order valence-corrected chi connectivity index (χ3v) is 7.52. The van der Waals surface area contributed by atoms with Gasteiger partial charge in [0, 0.05) is 31.4 Å². The van der Waals surface area contributed by atoms with Gasteiger partial charge >= 0.3 is 5.69 Å². The lowest BCUT2D eigenvalue weighted by Crippen LogP contribution is -2.30. The summed E-state index contributed by atoms with van der Waals surface area (Å²) in [5.74, 6) is -0.245. The van der Waals surface area contributed by atoms with Gasteiger partial charge in [0.2, 0.25) is 15.8 Å². The Morgan fingerprint density at radius 3 is 2.52 bits per heavy atom. The highest BCUT2D eigenvalue weighted by Gasteiger charge is 2.23. The van der Waals surface area contributed by atoms with Gasteiger partial charge in [-0.05, 0) is 36.8 Å². The van der Waals surface area contributed by atoms with Crippen LogP contribution in [0.2, 0.25) is 0 Å². The summed E-state index contributed by atoms with van der Waals surface area (Å²) in [6, 6.07) is 8.56. The van der Waals surface area contributed by atoms with Crippen LogP contribution in [0.3, 0.4) is 0 Å². The average molecular weight is 478 g/mol. The predicted octanol–water partition coefficient (Wildman–Crippen LogP) is 4.53. The number of nitrogens with zero attached hydrogens (tertiary/aromatic N) is 4. The second-order valence-corrected chi connectivity index (χ2v) is 9.49. The van der Waals surface area contributed by atoms with Crippen molar-refractivity contribution in [1.82, 2.24) is 13.9 Å². The van der Waals surface area contributed by atoms with Crippen LogP contribution in [-0.4, -0.2) is 40.3 Å². The molecule has 0 radical (unpaired) electrons. The van der Waals surface area contributed by atoms with E-state index in [1.165, 1.54) is 10.4 Å². The van der Waals surface area contributed by atoms with Gasteiger partial charge < -0.3 is 9.88 Å². The Hall–Kier alpha value is -3.05. The topological polar surface area (TPSA) is 110 Å². The lowest BCUT2D eigenvalue weighted by atomic mass is 10.2. The Kier molecular flexibility index (Phi) is 7.65. The second kappa shape index (κ2) is 10.3. The van der Waals surface area contributed by atoms with Gasteiger partial charge in [-0.15, -0.1) is 0 Å². The number of rotatable bonds is 11. The largest absolute Gasteiger partial charge is 0.378 e. The molecule has 0 saturated carbocycles. The van der Waals surface area contributed by atoms with Crippen molar-refractivity contribution < 1.29 is 17.7 Å². The molecule has 0 aliphatic heterocycles. The van der Waals surface area contributed by atoms with E-state index in [9.17, 15) is 22.9 Å². The summed E-state index contributed by atoms with van der Waals surface area (Å²) < 4.78 is 42.9. The van der Waals surface area contributed by atoms with Crippen molar-refractivity contribution in [2.75, 3.05) is 18.4 Å². The number of anilines is 1.